The molecule has 0 aliphatic rings. The molecule has 0 saturated heterocycles. The first-order chi connectivity index (χ1) is 13.8. The Hall–Kier alpha value is -2.80. The summed E-state index contributed by atoms with van der Waals surface area (Å²) >= 11 is 6.30. The molecule has 0 saturated carbocycles. The summed E-state index contributed by atoms with van der Waals surface area (Å²) in [4.78, 5) is 11.5. The lowest BCUT2D eigenvalue weighted by molar-refractivity contribution is 0.271. The molecule has 0 spiro atoms. The van der Waals surface area contributed by atoms with Crippen LogP contribution in [0.25, 0.3) is 11.1 Å². The molecule has 0 amide bonds. The van der Waals surface area contributed by atoms with Crippen LogP contribution in [0.4, 0.5) is 4.39 Å². The number of H-pyrrole nitrogens is 1. The number of halogens is 2. The van der Waals surface area contributed by atoms with Gasteiger partial charge in [0.15, 0.2) is 5.82 Å². The van der Waals surface area contributed by atoms with Crippen LogP contribution in [0.2, 0.25) is 5.02 Å². The van der Waals surface area contributed by atoms with E-state index < -0.39 is 5.82 Å². The molecule has 6 nitrogen and oxygen atoms in total. The second-order valence-electron chi connectivity index (χ2n) is 7.24. The molecule has 0 aliphatic heterocycles. The van der Waals surface area contributed by atoms with Gasteiger partial charge in [-0.25, -0.2) is 14.3 Å². The lowest BCUT2D eigenvalue weighted by Crippen LogP contribution is -2.15. The van der Waals surface area contributed by atoms with Crippen molar-refractivity contribution in [1.29, 1.82) is 0 Å². The van der Waals surface area contributed by atoms with Crippen molar-refractivity contribution in [2.45, 2.75) is 27.4 Å². The summed E-state index contributed by atoms with van der Waals surface area (Å²) in [6.45, 7) is 6.48. The van der Waals surface area contributed by atoms with Crippen LogP contribution in [-0.2, 0) is 13.7 Å². The highest BCUT2D eigenvalue weighted by Crippen LogP contribution is 2.38. The van der Waals surface area contributed by atoms with Gasteiger partial charge in [-0.2, -0.15) is 5.10 Å². The number of aromatic nitrogens is 3. The molecule has 0 atom stereocenters. The van der Waals surface area contributed by atoms with Gasteiger partial charge in [0.2, 0.25) is 0 Å². The van der Waals surface area contributed by atoms with Crippen molar-refractivity contribution in [1.82, 2.24) is 14.8 Å². The molecule has 0 unspecified atom stereocenters. The van der Waals surface area contributed by atoms with E-state index in [4.69, 9.17) is 21.1 Å². The molecule has 1 heterocycles. The average molecular weight is 420 g/mol. The van der Waals surface area contributed by atoms with Gasteiger partial charge in [0.05, 0.1) is 6.61 Å². The highest BCUT2D eigenvalue weighted by atomic mass is 35.5. The summed E-state index contributed by atoms with van der Waals surface area (Å²) in [7, 11) is 1.59. The van der Waals surface area contributed by atoms with E-state index in [9.17, 15) is 9.18 Å². The molecule has 154 valence electrons. The lowest BCUT2D eigenvalue weighted by atomic mass is 10.0. The molecule has 2 aromatic carbocycles. The van der Waals surface area contributed by atoms with Crippen LogP contribution in [-0.4, -0.2) is 21.4 Å². The number of rotatable bonds is 7. The molecule has 8 heteroatoms. The number of ether oxygens (including phenoxy) is 2. The minimum Gasteiger partial charge on any atom is -0.493 e. The van der Waals surface area contributed by atoms with Crippen molar-refractivity contribution in [3.63, 3.8) is 0 Å². The van der Waals surface area contributed by atoms with E-state index in [0.29, 0.717) is 46.0 Å². The molecule has 0 radical (unpaired) electrons. The predicted molar refractivity (Wildman–Crippen MR) is 110 cm³/mol. The molecule has 3 aromatic rings. The van der Waals surface area contributed by atoms with Crippen LogP contribution < -0.4 is 15.2 Å². The van der Waals surface area contributed by atoms with E-state index in [0.717, 1.165) is 5.56 Å². The summed E-state index contributed by atoms with van der Waals surface area (Å²) in [6, 6.07) is 8.00. The minimum atomic E-state index is -0.418. The predicted octanol–water partition coefficient (Wildman–Crippen LogP) is 4.49. The molecule has 0 fully saturated rings. The zero-order valence-corrected chi connectivity index (χ0v) is 17.5. The molecule has 0 aliphatic carbocycles. The maximum atomic E-state index is 14.7. The largest absolute Gasteiger partial charge is 0.493 e. The van der Waals surface area contributed by atoms with Crippen molar-refractivity contribution in [3.8, 4) is 22.6 Å². The first-order valence-electron chi connectivity index (χ1n) is 9.22. The monoisotopic (exact) mass is 419 g/mol. The second-order valence-corrected chi connectivity index (χ2v) is 7.64. The number of nitrogens with zero attached hydrogens (tertiary/aromatic N) is 2. The summed E-state index contributed by atoms with van der Waals surface area (Å²) < 4.78 is 27.7. The number of benzene rings is 2. The Morgan fingerprint density at radius 1 is 1.21 bits per heavy atom. The van der Waals surface area contributed by atoms with Gasteiger partial charge in [-0.15, -0.1) is 0 Å². The normalized spacial score (nSPS) is 11.1. The van der Waals surface area contributed by atoms with Gasteiger partial charge in [0.1, 0.15) is 23.9 Å². The molecule has 29 heavy (non-hydrogen) atoms. The van der Waals surface area contributed by atoms with Crippen LogP contribution in [0, 0.1) is 18.7 Å². The summed E-state index contributed by atoms with van der Waals surface area (Å²) in [5.74, 6) is 1.34. The van der Waals surface area contributed by atoms with E-state index in [1.807, 2.05) is 20.8 Å². The molecular weight excluding hydrogens is 397 g/mol. The fraction of sp³-hybridized carbons (Fsp3) is 0.333. The average Bonchev–Trinajstić information content (AvgIpc) is 3.00. The molecule has 0 bridgehead atoms. The van der Waals surface area contributed by atoms with Gasteiger partial charge in [0.25, 0.3) is 0 Å². The zero-order valence-electron chi connectivity index (χ0n) is 16.8. The Kier molecular flexibility index (Phi) is 6.27. The number of hydrogen-bond acceptors (Lipinski definition) is 4. The van der Waals surface area contributed by atoms with E-state index in [-0.39, 0.29) is 12.3 Å². The first-order valence-corrected chi connectivity index (χ1v) is 9.60. The van der Waals surface area contributed by atoms with Gasteiger partial charge in [-0.05, 0) is 48.7 Å². The quantitative estimate of drug-likeness (QED) is 0.612. The number of aromatic amines is 1. The van der Waals surface area contributed by atoms with E-state index in [1.54, 1.807) is 31.3 Å². The van der Waals surface area contributed by atoms with Gasteiger partial charge >= 0.3 is 5.69 Å². The minimum absolute atomic E-state index is 0.0362. The fourth-order valence-electron chi connectivity index (χ4n) is 2.70. The maximum Gasteiger partial charge on any atom is 0.343 e. The van der Waals surface area contributed by atoms with Crippen LogP contribution >= 0.6 is 11.6 Å². The number of aryl methyl sites for hydroxylation is 1. The zero-order chi connectivity index (χ0) is 21.1. The molecule has 1 aromatic heterocycles. The SMILES string of the molecule is Cc1cc(OCc2n[nH]c(=O)n2C)c(-c2cc(OCC(C)C)ccc2F)cc1Cl. The smallest absolute Gasteiger partial charge is 0.343 e. The lowest BCUT2D eigenvalue weighted by Gasteiger charge is -2.16. The standard InChI is InChI=1S/C21H23ClFN3O3/c1-12(2)10-28-14-5-6-18(23)15(8-14)16-9-17(22)13(3)7-19(16)29-11-20-24-25-21(27)26(20)4/h5-9,12H,10-11H2,1-4H3,(H,25,27). The fourth-order valence-corrected chi connectivity index (χ4v) is 2.86. The summed E-state index contributed by atoms with van der Waals surface area (Å²) in [5.41, 5.74) is 1.26. The van der Waals surface area contributed by atoms with Crippen molar-refractivity contribution >= 4 is 11.6 Å². The summed E-state index contributed by atoms with van der Waals surface area (Å²) in [6.07, 6.45) is 0. The van der Waals surface area contributed by atoms with Crippen molar-refractivity contribution in [3.05, 3.63) is 63.0 Å². The van der Waals surface area contributed by atoms with Crippen LogP contribution in [0.3, 0.4) is 0 Å². The van der Waals surface area contributed by atoms with E-state index in [1.165, 1.54) is 10.6 Å². The van der Waals surface area contributed by atoms with Gasteiger partial charge in [0, 0.05) is 23.2 Å². The van der Waals surface area contributed by atoms with E-state index in [2.05, 4.69) is 10.2 Å². The number of nitrogens with one attached hydrogen (secondary N) is 1. The number of hydrogen-bond donors (Lipinski definition) is 1. The third kappa shape index (κ3) is 4.79. The van der Waals surface area contributed by atoms with E-state index >= 15 is 0 Å². The van der Waals surface area contributed by atoms with Crippen molar-refractivity contribution < 1.29 is 13.9 Å². The van der Waals surface area contributed by atoms with Crippen LogP contribution in [0.5, 0.6) is 11.5 Å². The van der Waals surface area contributed by atoms with Gasteiger partial charge < -0.3 is 9.47 Å². The third-order valence-corrected chi connectivity index (χ3v) is 4.81. The topological polar surface area (TPSA) is 69.1 Å². The Morgan fingerprint density at radius 2 is 1.97 bits per heavy atom. The molecule has 1 N–H and O–H groups in total. The Bertz CT molecular complexity index is 1080. The molecular formula is C21H23ClFN3O3. The highest BCUT2D eigenvalue weighted by Gasteiger charge is 2.16. The van der Waals surface area contributed by atoms with Crippen molar-refractivity contribution in [2.24, 2.45) is 13.0 Å². The van der Waals surface area contributed by atoms with Gasteiger partial charge in [-0.1, -0.05) is 25.4 Å². The van der Waals surface area contributed by atoms with Crippen LogP contribution in [0.1, 0.15) is 25.2 Å². The first kappa shape index (κ1) is 20.9. The Labute approximate surface area is 173 Å². The van der Waals surface area contributed by atoms with Gasteiger partial charge in [-0.3, -0.25) is 4.57 Å². The molecule has 3 rings (SSSR count). The van der Waals surface area contributed by atoms with Crippen LogP contribution in [0.15, 0.2) is 35.1 Å². The summed E-state index contributed by atoms with van der Waals surface area (Å²) in [5, 5.41) is 6.78. The van der Waals surface area contributed by atoms with Crippen molar-refractivity contribution in [2.75, 3.05) is 6.61 Å². The second kappa shape index (κ2) is 8.69. The third-order valence-electron chi connectivity index (χ3n) is 4.40. The Morgan fingerprint density at radius 3 is 2.62 bits per heavy atom. The Balaban J connectivity index is 1.98. The maximum absolute atomic E-state index is 14.7. The highest BCUT2D eigenvalue weighted by molar-refractivity contribution is 6.31.